The Hall–Kier alpha value is -7.41. The minimum atomic E-state index is -1.52. The predicted octanol–water partition coefficient (Wildman–Crippen LogP) is -0.0864. The normalized spacial score (nSPS) is 15.5. The highest BCUT2D eigenvalue weighted by Gasteiger charge is 2.39. The van der Waals surface area contributed by atoms with Gasteiger partial charge < -0.3 is 81.9 Å². The molecule has 0 aromatic carbocycles. The molecular weight excluding hydrogens is 1240 g/mol. The Labute approximate surface area is 565 Å². The number of hydrogen-bond acceptors (Lipinski definition) is 20. The molecular formula is C66H115N15O15. The molecule has 1 heterocycles. The summed E-state index contributed by atoms with van der Waals surface area (Å²) in [5.74, 6) is -15.7. The van der Waals surface area contributed by atoms with Gasteiger partial charge >= 0.3 is 0 Å². The number of aliphatic hydroxyl groups excluding tert-OH is 2. The Morgan fingerprint density at radius 3 is 1.43 bits per heavy atom. The Balaban J connectivity index is 3.59. The van der Waals surface area contributed by atoms with Crippen LogP contribution in [-0.4, -0.2) is 171 Å². The van der Waals surface area contributed by atoms with Gasteiger partial charge in [0.2, 0.25) is 41.4 Å². The van der Waals surface area contributed by atoms with Crippen molar-refractivity contribution in [2.24, 2.45) is 92.5 Å². The van der Waals surface area contributed by atoms with Crippen LogP contribution in [0, 0.1) is 47.3 Å². The minimum absolute atomic E-state index is 0.0239. The van der Waals surface area contributed by atoms with Crippen LogP contribution < -0.4 is 66.7 Å². The van der Waals surface area contributed by atoms with E-state index < -0.39 is 180 Å². The number of carbonyl (C=O) groups excluding carboxylic acids is 13. The number of hydrogen-bond donors (Lipinski definition) is 15. The third kappa shape index (κ3) is 34.0. The molecule has 544 valence electrons. The maximum absolute atomic E-state index is 14.6. The summed E-state index contributed by atoms with van der Waals surface area (Å²) in [5, 5.41) is 34.9. The van der Waals surface area contributed by atoms with Crippen LogP contribution in [0.15, 0.2) is 17.5 Å². The van der Waals surface area contributed by atoms with Crippen molar-refractivity contribution < 1.29 is 72.5 Å². The molecule has 0 saturated heterocycles. The first-order chi connectivity index (χ1) is 45.2. The highest BCUT2D eigenvalue weighted by atomic mass is 16.3. The number of aromatic amines is 1. The summed E-state index contributed by atoms with van der Waals surface area (Å²) >= 11 is 0. The summed E-state index contributed by atoms with van der Waals surface area (Å²) in [4.78, 5) is 189. The second kappa shape index (κ2) is 46.7. The number of aliphatic hydroxyl groups is 2. The van der Waals surface area contributed by atoms with E-state index in [-0.39, 0.29) is 120 Å². The number of nitrogens with one attached hydrogen (secondary N) is 6. The average molecular weight is 1360 g/mol. The van der Waals surface area contributed by atoms with Crippen LogP contribution in [0.4, 0.5) is 0 Å². The number of aromatic nitrogens is 2. The number of ketones is 6. The second-order valence-corrected chi connectivity index (χ2v) is 26.2. The van der Waals surface area contributed by atoms with E-state index in [4.69, 9.17) is 40.1 Å². The molecule has 0 bridgehead atoms. The standard InChI is InChI=1S/C66H115N15O15/c1-9-47(84)29-45(28-46-35-74-36-76-46)64(95)80-52(21-22-58(70)90)55(87)31-43(18-11-14-24-68)62(93)78-51(20-16-26-75-66(72)73)54(86)30-42(17-10-13-23-67)61(92)77-39(6)53(85)32-44(27-37(2)3)63(94)79-50(19-12-15-25-69)56(88)34-49(40(7)82)65(96)81-59(41(8)83)57(89)33-48(38(4)5)60(71)91/h35-45,48-52,59,82-83H,9-34,67-69H2,1-8H3,(H2,70,90)(H2,71,91)(H,74,76)(H,77,92)(H,78,93)(H,79,94)(H,80,95)(H,81,96)(H4,72,73,75)/t39-,40+,41+,42+,43+,44+,45+,48-,49-,50+,51-,52-,59-/m0/s1. The molecule has 7 amide bonds. The number of guanidine groups is 1. The molecule has 0 spiro atoms. The third-order valence-electron chi connectivity index (χ3n) is 17.1. The molecule has 96 heavy (non-hydrogen) atoms. The largest absolute Gasteiger partial charge is 0.393 e. The fraction of sp³-hybridized carbons (Fsp3) is 0.742. The maximum atomic E-state index is 14.6. The molecule has 22 N–H and O–H groups in total. The zero-order valence-corrected chi connectivity index (χ0v) is 57.8. The molecule has 0 fully saturated rings. The van der Waals surface area contributed by atoms with Crippen molar-refractivity contribution in [3.63, 3.8) is 0 Å². The summed E-state index contributed by atoms with van der Waals surface area (Å²) in [5.41, 5.74) is 40.2. The number of H-pyrrole nitrogens is 1. The molecule has 30 heteroatoms. The third-order valence-corrected chi connectivity index (χ3v) is 17.1. The van der Waals surface area contributed by atoms with Crippen molar-refractivity contribution in [1.82, 2.24) is 36.6 Å². The number of aliphatic imine (C=N–C) groups is 1. The van der Waals surface area contributed by atoms with Crippen molar-refractivity contribution in [2.75, 3.05) is 26.2 Å². The van der Waals surface area contributed by atoms with Crippen molar-refractivity contribution in [2.45, 2.75) is 239 Å². The van der Waals surface area contributed by atoms with Crippen LogP contribution in [0.3, 0.4) is 0 Å². The highest BCUT2D eigenvalue weighted by Crippen LogP contribution is 2.25. The Kier molecular flexibility index (Phi) is 42.1. The quantitative estimate of drug-likeness (QED) is 0.0230. The summed E-state index contributed by atoms with van der Waals surface area (Å²) in [6.07, 6.45) is 0.347. The van der Waals surface area contributed by atoms with E-state index in [1.165, 1.54) is 33.3 Å². The lowest BCUT2D eigenvalue weighted by Gasteiger charge is -2.28. The van der Waals surface area contributed by atoms with Crippen molar-refractivity contribution in [1.29, 1.82) is 0 Å². The van der Waals surface area contributed by atoms with Gasteiger partial charge in [0.15, 0.2) is 34.9 Å². The first-order valence-electron chi connectivity index (χ1n) is 33.9. The van der Waals surface area contributed by atoms with Gasteiger partial charge in [0.1, 0.15) is 11.8 Å². The molecule has 1 rings (SSSR count). The number of amides is 7. The van der Waals surface area contributed by atoms with Gasteiger partial charge in [-0.2, -0.15) is 0 Å². The van der Waals surface area contributed by atoms with E-state index >= 15 is 0 Å². The molecule has 0 aliphatic carbocycles. The molecule has 0 radical (unpaired) electrons. The number of unbranched alkanes of at least 4 members (excludes halogenated alkanes) is 3. The van der Waals surface area contributed by atoms with Gasteiger partial charge in [-0.3, -0.25) is 67.3 Å². The summed E-state index contributed by atoms with van der Waals surface area (Å²) in [7, 11) is 0. The topological polar surface area (TPSA) is 546 Å². The van der Waals surface area contributed by atoms with Crippen LogP contribution in [-0.2, 0) is 68.7 Å². The van der Waals surface area contributed by atoms with Crippen molar-refractivity contribution in [3.05, 3.63) is 18.2 Å². The number of rotatable bonds is 55. The first kappa shape index (κ1) is 86.6. The lowest BCUT2D eigenvalue weighted by atomic mass is 9.86. The van der Waals surface area contributed by atoms with Crippen LogP contribution in [0.25, 0.3) is 0 Å². The number of carbonyl (C=O) groups is 13. The van der Waals surface area contributed by atoms with Crippen LogP contribution in [0.1, 0.15) is 196 Å². The predicted molar refractivity (Wildman–Crippen MR) is 360 cm³/mol. The Morgan fingerprint density at radius 1 is 0.510 bits per heavy atom. The summed E-state index contributed by atoms with van der Waals surface area (Å²) in [6.45, 7) is 13.4. The summed E-state index contributed by atoms with van der Waals surface area (Å²) < 4.78 is 0. The number of nitrogens with two attached hydrogens (primary N) is 7. The molecule has 0 saturated carbocycles. The molecule has 13 atom stereocenters. The van der Waals surface area contributed by atoms with E-state index in [1.54, 1.807) is 20.8 Å². The van der Waals surface area contributed by atoms with Gasteiger partial charge in [-0.15, -0.1) is 0 Å². The van der Waals surface area contributed by atoms with Gasteiger partial charge in [0.25, 0.3) is 0 Å². The molecule has 1 aromatic heterocycles. The van der Waals surface area contributed by atoms with Gasteiger partial charge in [0.05, 0.1) is 54.5 Å². The van der Waals surface area contributed by atoms with Crippen LogP contribution in [0.5, 0.6) is 0 Å². The molecule has 30 nitrogen and oxygen atoms in total. The number of nitrogens with zero attached hydrogens (tertiary/aromatic N) is 2. The average Bonchev–Trinajstić information content (AvgIpc) is 1.02. The molecule has 0 unspecified atom stereocenters. The lowest BCUT2D eigenvalue weighted by Crippen LogP contribution is -2.53. The van der Waals surface area contributed by atoms with Crippen LogP contribution >= 0.6 is 0 Å². The zero-order valence-electron chi connectivity index (χ0n) is 57.8. The van der Waals surface area contributed by atoms with Gasteiger partial charge in [0, 0.05) is 99.9 Å². The maximum Gasteiger partial charge on any atom is 0.226 e. The molecule has 0 aliphatic rings. The lowest BCUT2D eigenvalue weighted by molar-refractivity contribution is -0.139. The Bertz CT molecular complexity index is 2680. The van der Waals surface area contributed by atoms with Gasteiger partial charge in [-0.05, 0) is 123 Å². The zero-order chi connectivity index (χ0) is 72.8. The fourth-order valence-electron chi connectivity index (χ4n) is 11.2. The number of primary amides is 2. The first-order valence-corrected chi connectivity index (χ1v) is 33.9. The van der Waals surface area contributed by atoms with Crippen LogP contribution in [0.2, 0.25) is 0 Å². The molecule has 0 aliphatic heterocycles. The van der Waals surface area contributed by atoms with E-state index in [9.17, 15) is 72.5 Å². The van der Waals surface area contributed by atoms with E-state index in [0.29, 0.717) is 44.2 Å². The highest BCUT2D eigenvalue weighted by molar-refractivity contribution is 5.99. The minimum Gasteiger partial charge on any atom is -0.393 e. The smallest absolute Gasteiger partial charge is 0.226 e. The SMILES string of the molecule is CCC(=O)C[C@@H](Cc1cnc[nH]1)C(=O)N[C@@H](CCC(N)=O)C(=O)C[C@@H](CCCCN)C(=O)N[C@@H](CCCN=C(N)N)C(=O)C[C@@H](CCCCN)C(=O)N[C@@H](C)C(=O)C[C@@H](CC(C)C)C(=O)N[C@H](CCCCN)C(=O)C[C@H](C(=O)N[C@H](C(=O)C[C@H](C(N)=O)C(C)C)[C@@H](C)O)[C@@H](C)O. The second-order valence-electron chi connectivity index (χ2n) is 26.2. The van der Waals surface area contributed by atoms with Crippen molar-refractivity contribution in [3.8, 4) is 0 Å². The fourth-order valence-corrected chi connectivity index (χ4v) is 11.2. The van der Waals surface area contributed by atoms with Gasteiger partial charge in [-0.1, -0.05) is 47.5 Å². The van der Waals surface area contributed by atoms with E-state index in [2.05, 4.69) is 41.5 Å². The molecule has 1 aromatic rings. The van der Waals surface area contributed by atoms with Gasteiger partial charge in [-0.25, -0.2) is 4.98 Å². The van der Waals surface area contributed by atoms with E-state index in [0.717, 1.165) is 0 Å². The monoisotopic (exact) mass is 1360 g/mol. The Morgan fingerprint density at radius 2 is 0.979 bits per heavy atom. The van der Waals surface area contributed by atoms with E-state index in [1.807, 2.05) is 13.8 Å². The van der Waals surface area contributed by atoms with Crippen molar-refractivity contribution >= 4 is 82.0 Å². The number of imidazole rings is 1. The number of Topliss-reactive ketones (excluding diaryl/α,β-unsaturated/α-hetero) is 6. The summed E-state index contributed by atoms with van der Waals surface area (Å²) in [6, 6.07) is -6.55.